The average Bonchev–Trinajstić information content (AvgIpc) is 2.76. The van der Waals surface area contributed by atoms with E-state index in [4.69, 9.17) is 4.74 Å². The van der Waals surface area contributed by atoms with Crippen LogP contribution in [-0.4, -0.2) is 18.8 Å². The molecule has 3 aliphatic carbocycles. The molecule has 2 radical (unpaired) electrons. The van der Waals surface area contributed by atoms with Gasteiger partial charge in [0.25, 0.3) is 0 Å². The first-order valence-corrected chi connectivity index (χ1v) is 13.9. The Morgan fingerprint density at radius 2 is 1.00 bits per heavy atom. The highest BCUT2D eigenvalue weighted by Crippen LogP contribution is 2.43. The van der Waals surface area contributed by atoms with Gasteiger partial charge in [-0.2, -0.15) is 0 Å². The molecule has 0 aromatic rings. The number of hydrogen-bond acceptors (Lipinski definition) is 1. The lowest BCUT2D eigenvalue weighted by Gasteiger charge is -2.44. The maximum absolute atomic E-state index is 11.9. The zero-order valence-corrected chi connectivity index (χ0v) is 20.1. The van der Waals surface area contributed by atoms with E-state index in [0.29, 0.717) is 17.9 Å². The Hall–Kier alpha value is -0.0800. The maximum atomic E-state index is 11.9. The van der Waals surface area contributed by atoms with Crippen molar-refractivity contribution in [3.63, 3.8) is 0 Å². The summed E-state index contributed by atoms with van der Waals surface area (Å²) in [7, 11) is 0. The first-order chi connectivity index (χ1) is 14.8. The minimum absolute atomic E-state index is 0.285. The summed E-state index contributed by atoms with van der Waals surface area (Å²) in [6, 6.07) is 0. The summed E-state index contributed by atoms with van der Waals surface area (Å²) in [5.74, 6) is 0.990. The van der Waals surface area contributed by atoms with E-state index in [2.05, 4.69) is 6.92 Å². The second-order valence-corrected chi connectivity index (χ2v) is 10.4. The van der Waals surface area contributed by atoms with Crippen LogP contribution < -0.4 is 0 Å². The zero-order chi connectivity index (χ0) is 21.3. The quantitative estimate of drug-likeness (QED) is 0.181. The Morgan fingerprint density at radius 3 is 1.40 bits per heavy atom. The smallest absolute Gasteiger partial charge is 0.0962 e. The molecule has 2 bridgehead atoms. The lowest BCUT2D eigenvalue weighted by atomic mass is 9.67. The predicted molar refractivity (Wildman–Crippen MR) is 128 cm³/mol. The standard InChI is InChI=1S/C28H52O2/c1-2-3-4-5-6-7-8-9-10-11-12-13-14-15-16-17-18-19-22-30-28-24-25-20-21-26(28)23-27(25)29/h25-28H,1-24H2. The summed E-state index contributed by atoms with van der Waals surface area (Å²) in [5, 5.41) is 11.9. The molecule has 2 heteroatoms. The van der Waals surface area contributed by atoms with Gasteiger partial charge >= 0.3 is 0 Å². The molecule has 0 heterocycles. The van der Waals surface area contributed by atoms with Crippen molar-refractivity contribution in [3.8, 4) is 0 Å². The summed E-state index contributed by atoms with van der Waals surface area (Å²) in [4.78, 5) is 0. The van der Waals surface area contributed by atoms with Crippen molar-refractivity contribution < 1.29 is 9.84 Å². The maximum Gasteiger partial charge on any atom is 0.0962 e. The molecule has 0 saturated heterocycles. The van der Waals surface area contributed by atoms with Crippen LogP contribution in [-0.2, 0) is 9.84 Å². The third-order valence-electron chi connectivity index (χ3n) is 7.76. The number of unbranched alkanes of at least 4 members (excludes halogenated alkanes) is 17. The monoisotopic (exact) mass is 420 g/mol. The van der Waals surface area contributed by atoms with Crippen LogP contribution in [0.15, 0.2) is 0 Å². The van der Waals surface area contributed by atoms with Gasteiger partial charge in [-0.15, -0.1) is 0 Å². The van der Waals surface area contributed by atoms with E-state index >= 15 is 0 Å². The fourth-order valence-corrected chi connectivity index (χ4v) is 5.69. The van der Waals surface area contributed by atoms with Gasteiger partial charge < -0.3 is 4.74 Å². The van der Waals surface area contributed by atoms with Gasteiger partial charge in [-0.05, 0) is 43.9 Å². The highest BCUT2D eigenvalue weighted by molar-refractivity contribution is 4.92. The van der Waals surface area contributed by atoms with Gasteiger partial charge in [-0.3, -0.25) is 0 Å². The average molecular weight is 421 g/mol. The van der Waals surface area contributed by atoms with Crippen LogP contribution >= 0.6 is 0 Å². The van der Waals surface area contributed by atoms with Crippen molar-refractivity contribution in [2.45, 2.75) is 153 Å². The minimum atomic E-state index is -0.285. The minimum Gasteiger partial charge on any atom is -0.378 e. The molecule has 30 heavy (non-hydrogen) atoms. The molecule has 3 rings (SSSR count). The molecule has 176 valence electrons. The highest BCUT2D eigenvalue weighted by atomic mass is 16.5. The predicted octanol–water partition coefficient (Wildman–Crippen LogP) is 8.85. The largest absolute Gasteiger partial charge is 0.378 e. The van der Waals surface area contributed by atoms with Crippen LogP contribution in [0.5, 0.6) is 0 Å². The van der Waals surface area contributed by atoms with Crippen molar-refractivity contribution in [1.82, 2.24) is 0 Å². The van der Waals surface area contributed by atoms with Crippen LogP contribution in [0, 0.1) is 18.8 Å². The fraction of sp³-hybridized carbons (Fsp3) is 0.964. The summed E-state index contributed by atoms with van der Waals surface area (Å²) >= 11 is 0. The molecule has 2 nitrogen and oxygen atoms in total. The molecule has 4 atom stereocenters. The summed E-state index contributed by atoms with van der Waals surface area (Å²) in [5.41, 5.74) is 0. The van der Waals surface area contributed by atoms with Crippen molar-refractivity contribution >= 4 is 0 Å². The Balaban J connectivity index is 1.23. The molecule has 4 unspecified atom stereocenters. The lowest BCUT2D eigenvalue weighted by Crippen LogP contribution is -2.44. The van der Waals surface area contributed by atoms with Crippen molar-refractivity contribution in [3.05, 3.63) is 6.92 Å². The van der Waals surface area contributed by atoms with Crippen LogP contribution in [0.4, 0.5) is 0 Å². The van der Waals surface area contributed by atoms with Crippen molar-refractivity contribution in [1.29, 1.82) is 0 Å². The first-order valence-electron chi connectivity index (χ1n) is 13.9. The van der Waals surface area contributed by atoms with Crippen LogP contribution in [0.25, 0.3) is 0 Å². The van der Waals surface area contributed by atoms with E-state index < -0.39 is 0 Å². The Bertz CT molecular complexity index is 383. The van der Waals surface area contributed by atoms with E-state index in [9.17, 15) is 5.11 Å². The first kappa shape index (κ1) is 26.2. The zero-order valence-electron chi connectivity index (χ0n) is 20.1. The Morgan fingerprint density at radius 1 is 0.567 bits per heavy atom. The highest BCUT2D eigenvalue weighted by Gasteiger charge is 2.42. The summed E-state index contributed by atoms with van der Waals surface area (Å²) in [6.07, 6.45) is 29.5. The van der Waals surface area contributed by atoms with E-state index in [1.54, 1.807) is 0 Å². The molecule has 0 amide bonds. The second kappa shape index (κ2) is 17.5. The summed E-state index contributed by atoms with van der Waals surface area (Å²) in [6.45, 7) is 4.83. The summed E-state index contributed by atoms with van der Waals surface area (Å²) < 4.78 is 6.15. The van der Waals surface area contributed by atoms with Crippen molar-refractivity contribution in [2.24, 2.45) is 11.8 Å². The molecule has 0 spiro atoms. The Labute approximate surface area is 188 Å². The van der Waals surface area contributed by atoms with Gasteiger partial charge in [0.1, 0.15) is 0 Å². The van der Waals surface area contributed by atoms with Gasteiger partial charge in [-0.25, -0.2) is 5.11 Å². The van der Waals surface area contributed by atoms with Crippen LogP contribution in [0.2, 0.25) is 0 Å². The van der Waals surface area contributed by atoms with Gasteiger partial charge in [0.2, 0.25) is 0 Å². The molecule has 0 N–H and O–H groups in total. The normalized spacial score (nSPS) is 25.8. The Kier molecular flexibility index (Phi) is 15.2. The van der Waals surface area contributed by atoms with Gasteiger partial charge in [0.15, 0.2) is 0 Å². The lowest BCUT2D eigenvalue weighted by molar-refractivity contribution is -0.121. The number of hydrogen-bond donors (Lipinski definition) is 0. The third-order valence-corrected chi connectivity index (χ3v) is 7.76. The molecule has 3 fully saturated rings. The molecule has 3 saturated carbocycles. The van der Waals surface area contributed by atoms with E-state index in [1.807, 2.05) is 0 Å². The number of fused-ring (bicyclic) bond motifs is 3. The molecule has 0 aliphatic heterocycles. The van der Waals surface area contributed by atoms with Gasteiger partial charge in [0.05, 0.1) is 12.2 Å². The van der Waals surface area contributed by atoms with Crippen LogP contribution in [0.1, 0.15) is 141 Å². The molecule has 0 aromatic carbocycles. The SMILES string of the molecule is [CH2]CCCCCCCCCCCCCCCCCCCOC1CC2CCC1CC2[O]. The van der Waals surface area contributed by atoms with Crippen LogP contribution in [0.3, 0.4) is 0 Å². The topological polar surface area (TPSA) is 29.1 Å². The van der Waals surface area contributed by atoms with E-state index in [-0.39, 0.29) is 6.10 Å². The third kappa shape index (κ3) is 11.5. The number of rotatable bonds is 20. The van der Waals surface area contributed by atoms with Gasteiger partial charge in [-0.1, -0.05) is 116 Å². The molecule has 3 aliphatic rings. The van der Waals surface area contributed by atoms with E-state index in [0.717, 1.165) is 32.3 Å². The fourth-order valence-electron chi connectivity index (χ4n) is 5.69. The van der Waals surface area contributed by atoms with E-state index in [1.165, 1.54) is 116 Å². The second-order valence-electron chi connectivity index (χ2n) is 10.4. The van der Waals surface area contributed by atoms with Crippen molar-refractivity contribution in [2.75, 3.05) is 6.61 Å². The number of ether oxygens (including phenoxy) is 1. The molecule has 0 aromatic heterocycles. The molecular weight excluding hydrogens is 368 g/mol. The molecular formula is C28H52O2. The van der Waals surface area contributed by atoms with Gasteiger partial charge in [0, 0.05) is 6.61 Å².